The standard InChI is InChI=1S/C17H38N2O2/c1-2-3-4-5-6-7-8-9-10-11-13-18-14-12-15-19-16-17(20)21/h17-21H,2-16H2,1H3. The highest BCUT2D eigenvalue weighted by atomic mass is 16.5. The number of hydrogen-bond donors (Lipinski definition) is 4. The van der Waals surface area contributed by atoms with Gasteiger partial charge in [-0.2, -0.15) is 0 Å². The van der Waals surface area contributed by atoms with Gasteiger partial charge in [0, 0.05) is 6.54 Å². The zero-order chi connectivity index (χ0) is 15.6. The van der Waals surface area contributed by atoms with Gasteiger partial charge in [-0.15, -0.1) is 0 Å². The smallest absolute Gasteiger partial charge is 0.164 e. The number of nitrogens with one attached hydrogen (secondary N) is 2. The Morgan fingerprint density at radius 3 is 1.67 bits per heavy atom. The van der Waals surface area contributed by atoms with Crippen molar-refractivity contribution < 1.29 is 10.2 Å². The first-order chi connectivity index (χ1) is 10.3. The van der Waals surface area contributed by atoms with Gasteiger partial charge in [-0.3, -0.25) is 0 Å². The topological polar surface area (TPSA) is 64.5 Å². The van der Waals surface area contributed by atoms with E-state index >= 15 is 0 Å². The van der Waals surface area contributed by atoms with Crippen molar-refractivity contribution in [2.24, 2.45) is 0 Å². The van der Waals surface area contributed by atoms with Gasteiger partial charge in [-0.1, -0.05) is 64.7 Å². The van der Waals surface area contributed by atoms with Crippen LogP contribution in [0.25, 0.3) is 0 Å². The minimum atomic E-state index is -1.23. The quantitative estimate of drug-likeness (QED) is 0.246. The van der Waals surface area contributed by atoms with Crippen molar-refractivity contribution in [3.05, 3.63) is 0 Å². The summed E-state index contributed by atoms with van der Waals surface area (Å²) in [5.74, 6) is 0. The van der Waals surface area contributed by atoms with Crippen molar-refractivity contribution >= 4 is 0 Å². The Bertz CT molecular complexity index is 190. The normalized spacial score (nSPS) is 11.4. The van der Waals surface area contributed by atoms with Gasteiger partial charge < -0.3 is 20.8 Å². The number of rotatable bonds is 17. The summed E-state index contributed by atoms with van der Waals surface area (Å²) in [5.41, 5.74) is 0. The van der Waals surface area contributed by atoms with Crippen LogP contribution in [0.15, 0.2) is 0 Å². The third kappa shape index (κ3) is 19.8. The number of aliphatic hydroxyl groups excluding tert-OH is 1. The first kappa shape index (κ1) is 20.8. The Hall–Kier alpha value is -0.160. The molecule has 0 aromatic carbocycles. The summed E-state index contributed by atoms with van der Waals surface area (Å²) < 4.78 is 0. The Balaban J connectivity index is 2.93. The van der Waals surface area contributed by atoms with Crippen LogP contribution in [-0.4, -0.2) is 42.7 Å². The highest BCUT2D eigenvalue weighted by Crippen LogP contribution is 2.10. The molecule has 0 aliphatic rings. The van der Waals surface area contributed by atoms with E-state index < -0.39 is 6.29 Å². The molecular formula is C17H38N2O2. The van der Waals surface area contributed by atoms with Gasteiger partial charge in [0.05, 0.1) is 0 Å². The second-order valence-corrected chi connectivity index (χ2v) is 5.97. The Kier molecular flexibility index (Phi) is 17.8. The molecule has 0 atom stereocenters. The molecule has 0 spiro atoms. The fraction of sp³-hybridized carbons (Fsp3) is 1.00. The first-order valence-corrected chi connectivity index (χ1v) is 9.05. The molecule has 0 aromatic heterocycles. The molecule has 0 amide bonds. The average molecular weight is 303 g/mol. The zero-order valence-corrected chi connectivity index (χ0v) is 14.1. The summed E-state index contributed by atoms with van der Waals surface area (Å²) in [6.07, 6.45) is 13.6. The molecule has 0 aliphatic heterocycles. The van der Waals surface area contributed by atoms with Crippen LogP contribution in [0.4, 0.5) is 0 Å². The van der Waals surface area contributed by atoms with E-state index in [-0.39, 0.29) is 6.54 Å². The van der Waals surface area contributed by atoms with Crippen LogP contribution >= 0.6 is 0 Å². The number of unbranched alkanes of at least 4 members (excludes halogenated alkanes) is 9. The van der Waals surface area contributed by atoms with E-state index in [9.17, 15) is 0 Å². The van der Waals surface area contributed by atoms with Crippen LogP contribution in [0.2, 0.25) is 0 Å². The van der Waals surface area contributed by atoms with Gasteiger partial charge in [0.15, 0.2) is 6.29 Å². The van der Waals surface area contributed by atoms with E-state index in [4.69, 9.17) is 10.2 Å². The molecule has 0 aromatic rings. The Morgan fingerprint density at radius 1 is 0.619 bits per heavy atom. The summed E-state index contributed by atoms with van der Waals surface area (Å²) in [7, 11) is 0. The molecular weight excluding hydrogens is 264 g/mol. The van der Waals surface area contributed by atoms with Crippen LogP contribution in [0.1, 0.15) is 77.6 Å². The molecule has 4 heteroatoms. The maximum absolute atomic E-state index is 8.65. The van der Waals surface area contributed by atoms with Gasteiger partial charge in [-0.25, -0.2) is 0 Å². The average Bonchev–Trinajstić information content (AvgIpc) is 2.46. The maximum Gasteiger partial charge on any atom is 0.164 e. The van der Waals surface area contributed by atoms with Crippen LogP contribution in [0.5, 0.6) is 0 Å². The van der Waals surface area contributed by atoms with Crippen LogP contribution < -0.4 is 10.6 Å². The Morgan fingerprint density at radius 2 is 1.10 bits per heavy atom. The summed E-state index contributed by atoms with van der Waals surface area (Å²) in [6.45, 7) is 5.48. The second kappa shape index (κ2) is 17.9. The van der Waals surface area contributed by atoms with E-state index in [1.165, 1.54) is 64.2 Å². The van der Waals surface area contributed by atoms with Gasteiger partial charge in [0.2, 0.25) is 0 Å². The van der Waals surface area contributed by atoms with E-state index in [1.807, 2.05) is 0 Å². The lowest BCUT2D eigenvalue weighted by molar-refractivity contribution is -0.0370. The lowest BCUT2D eigenvalue weighted by Crippen LogP contribution is -2.29. The number of aliphatic hydroxyl groups is 2. The van der Waals surface area contributed by atoms with Crippen molar-refractivity contribution in [2.45, 2.75) is 83.8 Å². The van der Waals surface area contributed by atoms with E-state index in [0.29, 0.717) is 0 Å². The molecule has 0 bridgehead atoms. The highest BCUT2D eigenvalue weighted by Gasteiger charge is 1.95. The van der Waals surface area contributed by atoms with E-state index in [2.05, 4.69) is 17.6 Å². The second-order valence-electron chi connectivity index (χ2n) is 5.97. The summed E-state index contributed by atoms with van der Waals surface area (Å²) in [6, 6.07) is 0. The molecule has 0 unspecified atom stereocenters. The van der Waals surface area contributed by atoms with Crippen LogP contribution in [0.3, 0.4) is 0 Å². The van der Waals surface area contributed by atoms with Crippen molar-refractivity contribution in [1.29, 1.82) is 0 Å². The SMILES string of the molecule is CCCCCCCCCCCCNCCCNCC(O)O. The molecule has 4 nitrogen and oxygen atoms in total. The fourth-order valence-corrected chi connectivity index (χ4v) is 2.43. The molecule has 4 N–H and O–H groups in total. The molecule has 21 heavy (non-hydrogen) atoms. The zero-order valence-electron chi connectivity index (χ0n) is 14.1. The van der Waals surface area contributed by atoms with Gasteiger partial charge in [0.25, 0.3) is 0 Å². The number of hydrogen-bond acceptors (Lipinski definition) is 4. The molecule has 0 fully saturated rings. The molecule has 0 saturated carbocycles. The molecule has 0 saturated heterocycles. The maximum atomic E-state index is 8.65. The summed E-state index contributed by atoms with van der Waals surface area (Å²) in [5, 5.41) is 23.7. The van der Waals surface area contributed by atoms with Gasteiger partial charge in [-0.05, 0) is 32.5 Å². The third-order valence-corrected chi connectivity index (χ3v) is 3.74. The molecule has 0 aliphatic carbocycles. The van der Waals surface area contributed by atoms with Crippen molar-refractivity contribution in [2.75, 3.05) is 26.2 Å². The first-order valence-electron chi connectivity index (χ1n) is 9.05. The Labute approximate surface area is 131 Å². The minimum absolute atomic E-state index is 0.262. The van der Waals surface area contributed by atoms with Crippen LogP contribution in [0, 0.1) is 0 Å². The molecule has 0 radical (unpaired) electrons. The minimum Gasteiger partial charge on any atom is -0.367 e. The predicted octanol–water partition coefficient (Wildman–Crippen LogP) is 2.79. The van der Waals surface area contributed by atoms with E-state index in [1.54, 1.807) is 0 Å². The highest BCUT2D eigenvalue weighted by molar-refractivity contribution is 4.54. The van der Waals surface area contributed by atoms with Gasteiger partial charge >= 0.3 is 0 Å². The van der Waals surface area contributed by atoms with Gasteiger partial charge in [0.1, 0.15) is 0 Å². The summed E-state index contributed by atoms with van der Waals surface area (Å²) in [4.78, 5) is 0. The summed E-state index contributed by atoms with van der Waals surface area (Å²) >= 11 is 0. The largest absolute Gasteiger partial charge is 0.367 e. The van der Waals surface area contributed by atoms with E-state index in [0.717, 1.165) is 26.1 Å². The molecule has 0 rings (SSSR count). The van der Waals surface area contributed by atoms with Crippen molar-refractivity contribution in [1.82, 2.24) is 10.6 Å². The third-order valence-electron chi connectivity index (χ3n) is 3.74. The monoisotopic (exact) mass is 302 g/mol. The lowest BCUT2D eigenvalue weighted by Gasteiger charge is -2.07. The predicted molar refractivity (Wildman–Crippen MR) is 90.4 cm³/mol. The van der Waals surface area contributed by atoms with Crippen molar-refractivity contribution in [3.63, 3.8) is 0 Å². The molecule has 128 valence electrons. The molecule has 0 heterocycles. The fourth-order valence-electron chi connectivity index (χ4n) is 2.43. The lowest BCUT2D eigenvalue weighted by atomic mass is 10.1. The van der Waals surface area contributed by atoms with Crippen molar-refractivity contribution in [3.8, 4) is 0 Å². The van der Waals surface area contributed by atoms with Crippen LogP contribution in [-0.2, 0) is 0 Å².